The zero-order valence-corrected chi connectivity index (χ0v) is 27.9. The van der Waals surface area contributed by atoms with Crippen molar-refractivity contribution in [3.8, 4) is 5.75 Å². The van der Waals surface area contributed by atoms with Gasteiger partial charge in [-0.15, -0.1) is 0 Å². The lowest BCUT2D eigenvalue weighted by atomic mass is 10.1. The number of carbonyl (C=O) groups is 2. The highest BCUT2D eigenvalue weighted by atomic mass is 35.5. The van der Waals surface area contributed by atoms with Gasteiger partial charge in [0.2, 0.25) is 11.8 Å². The minimum Gasteiger partial charge on any atom is -0.495 e. The van der Waals surface area contributed by atoms with Gasteiger partial charge in [-0.05, 0) is 62.9 Å². The monoisotopic (exact) mass is 670 g/mol. The maximum absolute atomic E-state index is 14.4. The van der Waals surface area contributed by atoms with Crippen molar-refractivity contribution in [1.82, 2.24) is 10.2 Å². The molecule has 0 heterocycles. The Morgan fingerprint density at radius 1 is 1.09 bits per heavy atom. The van der Waals surface area contributed by atoms with Gasteiger partial charge in [-0.25, -0.2) is 8.42 Å². The number of amides is 2. The minimum absolute atomic E-state index is 0.0161. The van der Waals surface area contributed by atoms with Crippen molar-refractivity contribution >= 4 is 44.8 Å². The number of nitrogens with zero attached hydrogens (tertiary/aromatic N) is 3. The average Bonchev–Trinajstić information content (AvgIpc) is 3.52. The fourth-order valence-corrected chi connectivity index (χ4v) is 7.34. The summed E-state index contributed by atoms with van der Waals surface area (Å²) >= 11 is 6.30. The van der Waals surface area contributed by atoms with E-state index in [1.54, 1.807) is 6.92 Å². The van der Waals surface area contributed by atoms with Crippen LogP contribution >= 0.6 is 11.6 Å². The molecule has 0 aromatic heterocycles. The number of nitro benzene ring substituents is 1. The summed E-state index contributed by atoms with van der Waals surface area (Å²) in [6, 6.07) is 14.5. The Morgan fingerprint density at radius 3 is 2.43 bits per heavy atom. The fourth-order valence-electron chi connectivity index (χ4n) is 5.74. The third-order valence-corrected chi connectivity index (χ3v) is 10.2. The van der Waals surface area contributed by atoms with Crippen LogP contribution in [0, 0.1) is 24.0 Å². The SMILES string of the molecule is CC[C@@H](C(=O)NC1CCCC1)N(Cc1cccc(C)c1)C(=O)CN(c1cc(Cl)ccc1OC)S(=O)(=O)c1ccc(C)c([N+](=O)[O-])c1. The Labute approximate surface area is 274 Å². The summed E-state index contributed by atoms with van der Waals surface area (Å²) in [5.74, 6) is -0.847. The van der Waals surface area contributed by atoms with Gasteiger partial charge in [0, 0.05) is 29.2 Å². The van der Waals surface area contributed by atoms with Crippen LogP contribution in [0.1, 0.15) is 55.7 Å². The first-order chi connectivity index (χ1) is 21.8. The van der Waals surface area contributed by atoms with Crippen LogP contribution in [0.15, 0.2) is 65.6 Å². The van der Waals surface area contributed by atoms with E-state index in [1.165, 1.54) is 49.3 Å². The second-order valence-electron chi connectivity index (χ2n) is 11.5. The maximum atomic E-state index is 14.4. The van der Waals surface area contributed by atoms with Crippen molar-refractivity contribution in [3.63, 3.8) is 0 Å². The molecule has 0 bridgehead atoms. The summed E-state index contributed by atoms with van der Waals surface area (Å²) in [7, 11) is -3.27. The number of benzene rings is 3. The molecule has 1 fully saturated rings. The predicted octanol–water partition coefficient (Wildman–Crippen LogP) is 5.94. The van der Waals surface area contributed by atoms with Crippen LogP contribution in [0.2, 0.25) is 5.02 Å². The lowest BCUT2D eigenvalue weighted by Crippen LogP contribution is -2.53. The summed E-state index contributed by atoms with van der Waals surface area (Å²) in [6.45, 7) is 4.53. The zero-order valence-electron chi connectivity index (χ0n) is 26.4. The van der Waals surface area contributed by atoms with E-state index < -0.39 is 38.3 Å². The van der Waals surface area contributed by atoms with Crippen LogP contribution in [0.3, 0.4) is 0 Å². The van der Waals surface area contributed by atoms with Crippen LogP contribution < -0.4 is 14.4 Å². The molecule has 1 atom stereocenters. The summed E-state index contributed by atoms with van der Waals surface area (Å²) in [5, 5.41) is 15.0. The number of sulfonamides is 1. The molecule has 0 saturated heterocycles. The van der Waals surface area contributed by atoms with Crippen LogP contribution in [-0.4, -0.2) is 55.8 Å². The van der Waals surface area contributed by atoms with Crippen LogP contribution in [-0.2, 0) is 26.2 Å². The molecule has 4 rings (SSSR count). The van der Waals surface area contributed by atoms with Gasteiger partial charge >= 0.3 is 0 Å². The highest BCUT2D eigenvalue weighted by molar-refractivity contribution is 7.92. The second-order valence-corrected chi connectivity index (χ2v) is 13.8. The quantitative estimate of drug-likeness (QED) is 0.176. The molecule has 0 aliphatic heterocycles. The number of hydrogen-bond donors (Lipinski definition) is 1. The van der Waals surface area contributed by atoms with Gasteiger partial charge in [0.05, 0.1) is 22.6 Å². The van der Waals surface area contributed by atoms with Gasteiger partial charge in [-0.2, -0.15) is 0 Å². The Morgan fingerprint density at radius 2 is 1.80 bits per heavy atom. The largest absolute Gasteiger partial charge is 0.495 e. The van der Waals surface area contributed by atoms with E-state index in [2.05, 4.69) is 5.32 Å². The number of aryl methyl sites for hydroxylation is 2. The molecule has 3 aromatic carbocycles. The number of methoxy groups -OCH3 is 1. The van der Waals surface area contributed by atoms with Crippen molar-refractivity contribution in [2.75, 3.05) is 18.0 Å². The number of anilines is 1. The molecule has 1 aliphatic rings. The molecule has 0 radical (unpaired) electrons. The molecule has 0 unspecified atom stereocenters. The molecule has 0 spiro atoms. The van der Waals surface area contributed by atoms with Gasteiger partial charge in [0.25, 0.3) is 15.7 Å². The van der Waals surface area contributed by atoms with Crippen molar-refractivity contribution in [1.29, 1.82) is 0 Å². The highest BCUT2D eigenvalue weighted by Gasteiger charge is 2.36. The van der Waals surface area contributed by atoms with Crippen molar-refractivity contribution in [2.24, 2.45) is 0 Å². The van der Waals surface area contributed by atoms with Gasteiger partial charge in [-0.3, -0.25) is 24.0 Å². The first-order valence-corrected chi connectivity index (χ1v) is 16.9. The molecular weight excluding hydrogens is 632 g/mol. The Kier molecular flexibility index (Phi) is 11.3. The molecule has 13 heteroatoms. The van der Waals surface area contributed by atoms with Gasteiger partial charge < -0.3 is 15.0 Å². The third-order valence-electron chi connectivity index (χ3n) is 8.18. The number of halogens is 1. The Bertz CT molecular complexity index is 1710. The first kappa shape index (κ1) is 34.7. The molecule has 1 N–H and O–H groups in total. The van der Waals surface area contributed by atoms with E-state index in [4.69, 9.17) is 16.3 Å². The topological polar surface area (TPSA) is 139 Å². The average molecular weight is 671 g/mol. The van der Waals surface area contributed by atoms with E-state index in [0.29, 0.717) is 0 Å². The van der Waals surface area contributed by atoms with Crippen LogP contribution in [0.4, 0.5) is 11.4 Å². The normalized spacial score (nSPS) is 14.0. The van der Waals surface area contributed by atoms with E-state index in [1.807, 2.05) is 31.2 Å². The molecule has 2 amide bonds. The maximum Gasteiger partial charge on any atom is 0.273 e. The van der Waals surface area contributed by atoms with Crippen molar-refractivity contribution in [3.05, 3.63) is 92.5 Å². The number of rotatable bonds is 13. The standard InChI is InChI=1S/C33H39ClN4O7S/c1-5-28(33(40)35-26-11-6-7-12-26)36(20-24-10-8-9-22(2)17-24)32(39)21-37(30-18-25(34)14-16-31(30)45-4)46(43,44)27-15-13-23(3)29(19-27)38(41)42/h8-10,13-19,26,28H,5-7,11-12,20-21H2,1-4H3,(H,35,40)/t28-/m0/s1. The highest BCUT2D eigenvalue weighted by Crippen LogP contribution is 2.36. The molecule has 3 aromatic rings. The van der Waals surface area contributed by atoms with Crippen molar-refractivity contribution in [2.45, 2.75) is 76.4 Å². The third kappa shape index (κ3) is 7.97. The lowest BCUT2D eigenvalue weighted by Gasteiger charge is -2.34. The lowest BCUT2D eigenvalue weighted by molar-refractivity contribution is -0.385. The van der Waals surface area contributed by atoms with Gasteiger partial charge in [0.15, 0.2) is 0 Å². The Balaban J connectivity index is 1.81. The minimum atomic E-state index is -4.61. The first-order valence-electron chi connectivity index (χ1n) is 15.1. The molecule has 46 heavy (non-hydrogen) atoms. The Hall–Kier alpha value is -4.16. The molecule has 1 aliphatic carbocycles. The number of carbonyl (C=O) groups excluding carboxylic acids is 2. The summed E-state index contributed by atoms with van der Waals surface area (Å²) < 4.78 is 34.9. The zero-order chi connectivity index (χ0) is 33.6. The summed E-state index contributed by atoms with van der Waals surface area (Å²) in [6.07, 6.45) is 4.03. The number of nitrogens with one attached hydrogen (secondary N) is 1. The predicted molar refractivity (Wildman–Crippen MR) is 177 cm³/mol. The summed E-state index contributed by atoms with van der Waals surface area (Å²) in [4.78, 5) is 40.1. The van der Waals surface area contributed by atoms with Crippen LogP contribution in [0.5, 0.6) is 5.75 Å². The molecule has 246 valence electrons. The van der Waals surface area contributed by atoms with Crippen LogP contribution in [0.25, 0.3) is 0 Å². The summed E-state index contributed by atoms with van der Waals surface area (Å²) in [5.41, 5.74) is 1.58. The second kappa shape index (κ2) is 15.0. The molecule has 11 nitrogen and oxygen atoms in total. The molecule has 1 saturated carbocycles. The molecular formula is C33H39ClN4O7S. The van der Waals surface area contributed by atoms with Gasteiger partial charge in [0.1, 0.15) is 18.3 Å². The number of hydrogen-bond acceptors (Lipinski definition) is 7. The van der Waals surface area contributed by atoms with E-state index in [0.717, 1.165) is 47.2 Å². The van der Waals surface area contributed by atoms with E-state index in [-0.39, 0.29) is 52.6 Å². The van der Waals surface area contributed by atoms with E-state index >= 15 is 0 Å². The van der Waals surface area contributed by atoms with E-state index in [9.17, 15) is 28.1 Å². The van der Waals surface area contributed by atoms with Crippen molar-refractivity contribution < 1.29 is 27.7 Å². The smallest absolute Gasteiger partial charge is 0.273 e. The fraction of sp³-hybridized carbons (Fsp3) is 0.394. The number of ether oxygens (including phenoxy) is 1. The number of nitro groups is 1. The van der Waals surface area contributed by atoms with Gasteiger partial charge in [-0.1, -0.05) is 67.3 Å².